The molecule has 6 nitrogen and oxygen atoms in total. The Morgan fingerprint density at radius 3 is 3.00 bits per heavy atom. The lowest BCUT2D eigenvalue weighted by atomic mass is 10.1. The van der Waals surface area contributed by atoms with Crippen molar-refractivity contribution in [3.05, 3.63) is 48.0 Å². The van der Waals surface area contributed by atoms with Crippen LogP contribution in [0.3, 0.4) is 0 Å². The van der Waals surface area contributed by atoms with Crippen LogP contribution in [0.4, 0.5) is 0 Å². The lowest BCUT2D eigenvalue weighted by molar-refractivity contribution is 0.0943. The third-order valence-corrected chi connectivity index (χ3v) is 4.33. The topological polar surface area (TPSA) is 63.1 Å². The van der Waals surface area contributed by atoms with E-state index in [1.54, 1.807) is 24.5 Å². The second-order valence-corrected chi connectivity index (χ2v) is 6.23. The minimum Gasteiger partial charge on any atom is -0.352 e. The van der Waals surface area contributed by atoms with Crippen molar-refractivity contribution in [1.29, 1.82) is 0 Å². The Balaban J connectivity index is 1.59. The summed E-state index contributed by atoms with van der Waals surface area (Å²) in [5, 5.41) is 7.43. The molecule has 1 N–H and O–H groups in total. The average Bonchev–Trinajstić information content (AvgIpc) is 3.04. The van der Waals surface area contributed by atoms with Crippen LogP contribution in [-0.2, 0) is 6.54 Å². The minimum absolute atomic E-state index is 0.0738. The highest BCUT2D eigenvalue weighted by Crippen LogP contribution is 2.23. The number of rotatable bonds is 5. The third-order valence-electron chi connectivity index (χ3n) is 4.33. The Bertz CT molecular complexity index is 652. The van der Waals surface area contributed by atoms with Gasteiger partial charge in [-0.1, -0.05) is 0 Å². The predicted octanol–water partition coefficient (Wildman–Crippen LogP) is 1.86. The molecule has 3 rings (SSSR count). The maximum atomic E-state index is 12.1. The third kappa shape index (κ3) is 3.59. The van der Waals surface area contributed by atoms with Gasteiger partial charge in [0.1, 0.15) is 0 Å². The van der Waals surface area contributed by atoms with E-state index in [0.29, 0.717) is 24.2 Å². The molecule has 6 heteroatoms. The normalized spacial score (nSPS) is 18.0. The van der Waals surface area contributed by atoms with E-state index in [4.69, 9.17) is 0 Å². The number of aromatic nitrogens is 3. The second kappa shape index (κ2) is 6.91. The summed E-state index contributed by atoms with van der Waals surface area (Å²) >= 11 is 0. The van der Waals surface area contributed by atoms with Crippen LogP contribution in [0, 0.1) is 0 Å². The van der Waals surface area contributed by atoms with Crippen molar-refractivity contribution in [2.45, 2.75) is 38.9 Å². The molecule has 0 bridgehead atoms. The molecule has 2 aromatic heterocycles. The molecule has 0 fully saturated rings. The van der Waals surface area contributed by atoms with Crippen molar-refractivity contribution in [2.75, 3.05) is 13.1 Å². The quantitative estimate of drug-likeness (QED) is 0.915. The SMILES string of the molecule is CC(C)N1Cc2ccnn2C(CCNC(=O)c2cccnc2)C1. The first-order valence-electron chi connectivity index (χ1n) is 8.10. The van der Waals surface area contributed by atoms with Gasteiger partial charge in [0.05, 0.1) is 17.3 Å². The Hall–Kier alpha value is -2.21. The van der Waals surface area contributed by atoms with Crippen LogP contribution in [-0.4, -0.2) is 44.7 Å². The van der Waals surface area contributed by atoms with E-state index in [1.165, 1.54) is 5.69 Å². The van der Waals surface area contributed by atoms with Gasteiger partial charge in [-0.3, -0.25) is 19.4 Å². The highest BCUT2D eigenvalue weighted by Gasteiger charge is 2.26. The Morgan fingerprint density at radius 1 is 1.39 bits per heavy atom. The summed E-state index contributed by atoms with van der Waals surface area (Å²) in [6.45, 7) is 6.97. The second-order valence-electron chi connectivity index (χ2n) is 6.23. The molecule has 0 saturated carbocycles. The van der Waals surface area contributed by atoms with Gasteiger partial charge < -0.3 is 5.32 Å². The summed E-state index contributed by atoms with van der Waals surface area (Å²) in [4.78, 5) is 18.5. The van der Waals surface area contributed by atoms with Gasteiger partial charge in [0.25, 0.3) is 5.91 Å². The lowest BCUT2D eigenvalue weighted by Crippen LogP contribution is -2.42. The van der Waals surface area contributed by atoms with Gasteiger partial charge in [0.2, 0.25) is 0 Å². The van der Waals surface area contributed by atoms with Crippen LogP contribution in [0.2, 0.25) is 0 Å². The van der Waals surface area contributed by atoms with Crippen LogP contribution in [0.25, 0.3) is 0 Å². The minimum atomic E-state index is -0.0738. The smallest absolute Gasteiger partial charge is 0.252 e. The van der Waals surface area contributed by atoms with Crippen molar-refractivity contribution in [1.82, 2.24) is 25.0 Å². The lowest BCUT2D eigenvalue weighted by Gasteiger charge is -2.36. The van der Waals surface area contributed by atoms with E-state index in [1.807, 2.05) is 6.20 Å². The maximum absolute atomic E-state index is 12.1. The van der Waals surface area contributed by atoms with Gasteiger partial charge in [0.15, 0.2) is 0 Å². The largest absolute Gasteiger partial charge is 0.352 e. The van der Waals surface area contributed by atoms with Gasteiger partial charge in [0, 0.05) is 44.3 Å². The molecule has 0 aromatic carbocycles. The Labute approximate surface area is 136 Å². The molecule has 23 heavy (non-hydrogen) atoms. The zero-order valence-corrected chi connectivity index (χ0v) is 13.6. The van der Waals surface area contributed by atoms with Crippen LogP contribution >= 0.6 is 0 Å². The van der Waals surface area contributed by atoms with Crippen LogP contribution in [0.1, 0.15) is 42.4 Å². The number of hydrogen-bond donors (Lipinski definition) is 1. The molecule has 1 aliphatic rings. The summed E-state index contributed by atoms with van der Waals surface area (Å²) in [5.41, 5.74) is 1.84. The molecular formula is C17H23N5O. The fourth-order valence-electron chi connectivity index (χ4n) is 2.97. The predicted molar refractivity (Wildman–Crippen MR) is 88.0 cm³/mol. The van der Waals surface area contributed by atoms with Crippen molar-refractivity contribution in [3.8, 4) is 0 Å². The van der Waals surface area contributed by atoms with E-state index < -0.39 is 0 Å². The van der Waals surface area contributed by atoms with E-state index >= 15 is 0 Å². The Morgan fingerprint density at radius 2 is 2.26 bits per heavy atom. The fraction of sp³-hybridized carbons (Fsp3) is 0.471. The number of fused-ring (bicyclic) bond motifs is 1. The molecule has 1 amide bonds. The molecule has 0 radical (unpaired) electrons. The zero-order valence-electron chi connectivity index (χ0n) is 13.6. The number of hydrogen-bond acceptors (Lipinski definition) is 4. The van der Waals surface area contributed by atoms with Crippen molar-refractivity contribution >= 4 is 5.91 Å². The highest BCUT2D eigenvalue weighted by atomic mass is 16.1. The molecule has 0 aliphatic carbocycles. The molecule has 2 aromatic rings. The summed E-state index contributed by atoms with van der Waals surface area (Å²) in [5.74, 6) is -0.0738. The molecule has 0 saturated heterocycles. The van der Waals surface area contributed by atoms with Crippen molar-refractivity contribution in [3.63, 3.8) is 0 Å². The molecule has 1 unspecified atom stereocenters. The zero-order chi connectivity index (χ0) is 16.2. The number of nitrogens with one attached hydrogen (secondary N) is 1. The van der Waals surface area contributed by atoms with E-state index in [0.717, 1.165) is 19.5 Å². The van der Waals surface area contributed by atoms with Gasteiger partial charge in [-0.15, -0.1) is 0 Å². The number of carbonyl (C=O) groups is 1. The molecule has 1 atom stereocenters. The van der Waals surface area contributed by atoms with Crippen LogP contribution < -0.4 is 5.32 Å². The Kier molecular flexibility index (Phi) is 4.71. The molecular weight excluding hydrogens is 290 g/mol. The number of amides is 1. The molecule has 3 heterocycles. The van der Waals surface area contributed by atoms with Gasteiger partial charge in [-0.2, -0.15) is 5.10 Å². The monoisotopic (exact) mass is 313 g/mol. The fourth-order valence-corrected chi connectivity index (χ4v) is 2.97. The van der Waals surface area contributed by atoms with Crippen LogP contribution in [0.15, 0.2) is 36.8 Å². The van der Waals surface area contributed by atoms with Gasteiger partial charge >= 0.3 is 0 Å². The van der Waals surface area contributed by atoms with E-state index in [2.05, 4.69) is 44.9 Å². The summed E-state index contributed by atoms with van der Waals surface area (Å²) in [6, 6.07) is 6.42. The van der Waals surface area contributed by atoms with Gasteiger partial charge in [-0.25, -0.2) is 0 Å². The van der Waals surface area contributed by atoms with Crippen molar-refractivity contribution < 1.29 is 4.79 Å². The van der Waals surface area contributed by atoms with E-state index in [9.17, 15) is 4.79 Å². The standard InChI is InChI=1S/C17H23N5O/c1-13(2)21-11-15(22-16(12-21)6-9-20-22)5-8-19-17(23)14-4-3-7-18-10-14/h3-4,6-7,9-10,13,15H,5,8,11-12H2,1-2H3,(H,19,23). The average molecular weight is 313 g/mol. The maximum Gasteiger partial charge on any atom is 0.252 e. The summed E-state index contributed by atoms with van der Waals surface area (Å²) < 4.78 is 2.11. The number of pyridine rings is 1. The number of carbonyl (C=O) groups excluding carboxylic acids is 1. The molecule has 122 valence electrons. The molecule has 1 aliphatic heterocycles. The van der Waals surface area contributed by atoms with Crippen molar-refractivity contribution in [2.24, 2.45) is 0 Å². The first-order chi connectivity index (χ1) is 11.1. The first kappa shape index (κ1) is 15.7. The molecule has 0 spiro atoms. The number of nitrogens with zero attached hydrogens (tertiary/aromatic N) is 4. The highest BCUT2D eigenvalue weighted by molar-refractivity contribution is 5.93. The summed E-state index contributed by atoms with van der Waals surface area (Å²) in [6.07, 6.45) is 5.98. The first-order valence-corrected chi connectivity index (χ1v) is 8.10. The van der Waals surface area contributed by atoms with Crippen LogP contribution in [0.5, 0.6) is 0 Å². The van der Waals surface area contributed by atoms with E-state index in [-0.39, 0.29) is 5.91 Å². The van der Waals surface area contributed by atoms with Gasteiger partial charge in [-0.05, 0) is 38.5 Å². The summed E-state index contributed by atoms with van der Waals surface area (Å²) in [7, 11) is 0.